The number of para-hydroxylation sites is 3. The fourth-order valence-electron chi connectivity index (χ4n) is 2.82. The van der Waals surface area contributed by atoms with Crippen LogP contribution in [0.15, 0.2) is 59.4 Å². The van der Waals surface area contributed by atoms with Gasteiger partial charge in [0.05, 0.1) is 23.1 Å². The molecule has 0 aliphatic heterocycles. The van der Waals surface area contributed by atoms with Gasteiger partial charge in [0.25, 0.3) is 5.56 Å². The summed E-state index contributed by atoms with van der Waals surface area (Å²) in [6, 6.07) is 16.6. The number of carboxylic acids is 1. The summed E-state index contributed by atoms with van der Waals surface area (Å²) in [5.41, 5.74) is 1.98. The lowest BCUT2D eigenvalue weighted by Crippen LogP contribution is -2.27. The molecule has 4 aromatic rings. The number of rotatable bonds is 4. The van der Waals surface area contributed by atoms with Crippen molar-refractivity contribution in [3.8, 4) is 5.69 Å². The second kappa shape index (κ2) is 5.86. The van der Waals surface area contributed by atoms with Gasteiger partial charge in [-0.05, 0) is 24.3 Å². The van der Waals surface area contributed by atoms with E-state index in [0.717, 1.165) is 11.0 Å². The third-order valence-electron chi connectivity index (χ3n) is 3.98. The predicted molar refractivity (Wildman–Crippen MR) is 92.0 cm³/mol. The van der Waals surface area contributed by atoms with Gasteiger partial charge in [-0.1, -0.05) is 30.3 Å². The lowest BCUT2D eigenvalue weighted by Gasteiger charge is -2.09. The van der Waals surface area contributed by atoms with Gasteiger partial charge in [-0.3, -0.25) is 9.59 Å². The van der Waals surface area contributed by atoms with Gasteiger partial charge >= 0.3 is 5.97 Å². The van der Waals surface area contributed by atoms with Crippen LogP contribution >= 0.6 is 0 Å². The highest BCUT2D eigenvalue weighted by molar-refractivity contribution is 5.79. The highest BCUT2D eigenvalue weighted by Gasteiger charge is 2.17. The molecule has 0 saturated heterocycles. The number of hydrogen-bond donors (Lipinski definition) is 1. The molecule has 0 spiro atoms. The third-order valence-corrected chi connectivity index (χ3v) is 3.98. The Labute approximate surface area is 141 Å². The van der Waals surface area contributed by atoms with E-state index in [0.29, 0.717) is 11.5 Å². The maximum atomic E-state index is 12.9. The van der Waals surface area contributed by atoms with Crippen LogP contribution in [0, 0.1) is 0 Å². The topological polar surface area (TPSA) is 89.5 Å². The van der Waals surface area contributed by atoms with Gasteiger partial charge in [0, 0.05) is 6.42 Å². The van der Waals surface area contributed by atoms with Gasteiger partial charge in [0.1, 0.15) is 5.69 Å². The summed E-state index contributed by atoms with van der Waals surface area (Å²) < 4.78 is 3.07. The van der Waals surface area contributed by atoms with Crippen molar-refractivity contribution >= 4 is 22.8 Å². The number of hydrogen-bond acceptors (Lipinski definition) is 4. The number of fused-ring (bicyclic) bond motifs is 3. The van der Waals surface area contributed by atoms with Gasteiger partial charge in [0.2, 0.25) is 5.78 Å². The van der Waals surface area contributed by atoms with E-state index >= 15 is 0 Å². The average molecular weight is 334 g/mol. The standard InChI is InChI=1S/C18H14N4O3/c23-16(24)11-10-14-17(25)21(12-6-2-1-3-7-12)18-19-13-8-4-5-9-15(13)22(18)20-14/h1-9H,10-11H2,(H,23,24). The molecule has 0 saturated carbocycles. The first kappa shape index (κ1) is 15.1. The molecule has 0 amide bonds. The predicted octanol–water partition coefficient (Wildman–Crippen LogP) is 2.05. The molecule has 124 valence electrons. The Hall–Kier alpha value is -3.48. The van der Waals surface area contributed by atoms with Crippen LogP contribution < -0.4 is 5.56 Å². The molecule has 2 aromatic carbocycles. The lowest BCUT2D eigenvalue weighted by atomic mass is 10.2. The Bertz CT molecular complexity index is 1150. The van der Waals surface area contributed by atoms with E-state index in [4.69, 9.17) is 5.11 Å². The van der Waals surface area contributed by atoms with E-state index in [1.165, 1.54) is 4.57 Å². The summed E-state index contributed by atoms with van der Waals surface area (Å²) in [6.45, 7) is 0. The first-order valence-corrected chi connectivity index (χ1v) is 7.82. The molecule has 0 fully saturated rings. The molecular weight excluding hydrogens is 320 g/mol. The summed E-state index contributed by atoms with van der Waals surface area (Å²) in [5.74, 6) is -0.570. The van der Waals surface area contributed by atoms with E-state index < -0.39 is 5.97 Å². The van der Waals surface area contributed by atoms with Crippen LogP contribution in [0.3, 0.4) is 0 Å². The largest absolute Gasteiger partial charge is 0.481 e. The highest BCUT2D eigenvalue weighted by Crippen LogP contribution is 2.17. The normalized spacial score (nSPS) is 11.2. The van der Waals surface area contributed by atoms with Crippen molar-refractivity contribution in [2.75, 3.05) is 0 Å². The zero-order chi connectivity index (χ0) is 17.4. The van der Waals surface area contributed by atoms with E-state index in [2.05, 4.69) is 10.1 Å². The molecule has 0 bridgehead atoms. The van der Waals surface area contributed by atoms with Crippen LogP contribution in [0.1, 0.15) is 12.1 Å². The maximum absolute atomic E-state index is 12.9. The summed E-state index contributed by atoms with van der Waals surface area (Å²) in [5, 5.41) is 13.3. The fraction of sp³-hybridized carbons (Fsp3) is 0.111. The Morgan fingerprint density at radius 1 is 1.04 bits per heavy atom. The first-order valence-electron chi connectivity index (χ1n) is 7.82. The third kappa shape index (κ3) is 2.55. The number of carbonyl (C=O) groups is 1. The molecule has 0 radical (unpaired) electrons. The molecular formula is C18H14N4O3. The van der Waals surface area contributed by atoms with Crippen molar-refractivity contribution in [2.24, 2.45) is 0 Å². The Morgan fingerprint density at radius 2 is 1.76 bits per heavy atom. The number of carboxylic acid groups (broad SMARTS) is 1. The minimum Gasteiger partial charge on any atom is -0.481 e. The zero-order valence-corrected chi connectivity index (χ0v) is 13.2. The van der Waals surface area contributed by atoms with Crippen molar-refractivity contribution in [2.45, 2.75) is 12.8 Å². The lowest BCUT2D eigenvalue weighted by molar-refractivity contribution is -0.136. The zero-order valence-electron chi connectivity index (χ0n) is 13.2. The second-order valence-electron chi connectivity index (χ2n) is 5.63. The molecule has 7 nitrogen and oxygen atoms in total. The van der Waals surface area contributed by atoms with Gasteiger partial charge in [-0.2, -0.15) is 9.61 Å². The molecule has 4 rings (SSSR count). The highest BCUT2D eigenvalue weighted by atomic mass is 16.4. The number of nitrogens with zero attached hydrogens (tertiary/aromatic N) is 4. The fourth-order valence-corrected chi connectivity index (χ4v) is 2.82. The van der Waals surface area contributed by atoms with Gasteiger partial charge < -0.3 is 5.11 Å². The van der Waals surface area contributed by atoms with E-state index in [1.807, 2.05) is 54.6 Å². The Morgan fingerprint density at radius 3 is 2.52 bits per heavy atom. The van der Waals surface area contributed by atoms with E-state index in [-0.39, 0.29) is 24.1 Å². The smallest absolute Gasteiger partial charge is 0.303 e. The van der Waals surface area contributed by atoms with Crippen LogP contribution in [0.25, 0.3) is 22.5 Å². The van der Waals surface area contributed by atoms with Crippen LogP contribution in [-0.4, -0.2) is 30.2 Å². The second-order valence-corrected chi connectivity index (χ2v) is 5.63. The van der Waals surface area contributed by atoms with Crippen molar-refractivity contribution in [3.63, 3.8) is 0 Å². The molecule has 0 atom stereocenters. The molecule has 2 aromatic heterocycles. The van der Waals surface area contributed by atoms with Crippen molar-refractivity contribution < 1.29 is 9.90 Å². The number of imidazole rings is 1. The summed E-state index contributed by atoms with van der Waals surface area (Å²) in [4.78, 5) is 28.4. The molecule has 25 heavy (non-hydrogen) atoms. The monoisotopic (exact) mass is 334 g/mol. The van der Waals surface area contributed by atoms with Crippen LogP contribution in [0.4, 0.5) is 0 Å². The minimum absolute atomic E-state index is 0.0590. The SMILES string of the molecule is O=C(O)CCc1nn2c3ccccc3nc2n(-c2ccccc2)c1=O. The van der Waals surface area contributed by atoms with E-state index in [1.54, 1.807) is 4.52 Å². The minimum atomic E-state index is -0.969. The van der Waals surface area contributed by atoms with Crippen molar-refractivity contribution in [1.82, 2.24) is 19.2 Å². The molecule has 2 heterocycles. The number of aryl methyl sites for hydroxylation is 1. The van der Waals surface area contributed by atoms with Gasteiger partial charge in [-0.25, -0.2) is 9.55 Å². The molecule has 1 N–H and O–H groups in total. The molecule has 0 aliphatic carbocycles. The molecule has 7 heteroatoms. The first-order chi connectivity index (χ1) is 12.1. The Balaban J connectivity index is 2.07. The van der Waals surface area contributed by atoms with Crippen LogP contribution in [0.2, 0.25) is 0 Å². The van der Waals surface area contributed by atoms with Gasteiger partial charge in [0.15, 0.2) is 0 Å². The average Bonchev–Trinajstić information content (AvgIpc) is 2.98. The number of benzene rings is 2. The Kier molecular flexibility index (Phi) is 3.53. The van der Waals surface area contributed by atoms with E-state index in [9.17, 15) is 9.59 Å². The van der Waals surface area contributed by atoms with Crippen molar-refractivity contribution in [3.05, 3.63) is 70.6 Å². The van der Waals surface area contributed by atoms with Crippen LogP contribution in [0.5, 0.6) is 0 Å². The quantitative estimate of drug-likeness (QED) is 0.617. The van der Waals surface area contributed by atoms with Gasteiger partial charge in [-0.15, -0.1) is 0 Å². The van der Waals surface area contributed by atoms with Crippen LogP contribution in [-0.2, 0) is 11.2 Å². The van der Waals surface area contributed by atoms with Crippen molar-refractivity contribution in [1.29, 1.82) is 0 Å². The maximum Gasteiger partial charge on any atom is 0.303 e. The number of aliphatic carboxylic acids is 1. The number of aromatic nitrogens is 4. The summed E-state index contributed by atoms with van der Waals surface area (Å²) >= 11 is 0. The summed E-state index contributed by atoms with van der Waals surface area (Å²) in [7, 11) is 0. The molecule has 0 unspecified atom stereocenters. The molecule has 0 aliphatic rings. The summed E-state index contributed by atoms with van der Waals surface area (Å²) in [6.07, 6.45) is -0.0986.